The molecule has 0 bridgehead atoms. The molecule has 0 aliphatic carbocycles. The fraction of sp³-hybridized carbons (Fsp3) is 0.630. The summed E-state index contributed by atoms with van der Waals surface area (Å²) in [5.74, 6) is 0.883. The van der Waals surface area contributed by atoms with Crippen molar-refractivity contribution >= 4 is 52.1 Å². The topological polar surface area (TPSA) is 94.6 Å². The standard InChI is InChI=1S/C54H82N4O3S3/c1-3-5-7-9-11-13-15-17-19-20-21-23-25-27-29-36-42-58(45-38-32-31-33-39-45)54(55-56-57-58)64-52-48(59)44-49(51(60)50(52)46-40-34-35-41-47(46)53(61)62)63-43-37-30-28-26-24-22-18-16-14-12-10-8-6-4-2/h31-35,38-41,44H,3-30,36-37,42-43H2,1-2H3,(H2-,56,57,59,60,61,62)/p+1. The van der Waals surface area contributed by atoms with Gasteiger partial charge < -0.3 is 10.2 Å². The number of unbranched alkanes of at least 4 members (excludes halogenated alkanes) is 28. The summed E-state index contributed by atoms with van der Waals surface area (Å²) in [5, 5.41) is 37.7. The Balaban J connectivity index is 1.34. The molecule has 10 heteroatoms. The van der Waals surface area contributed by atoms with Gasteiger partial charge in [0.15, 0.2) is 5.69 Å². The van der Waals surface area contributed by atoms with Crippen LogP contribution in [0, 0.1) is 0 Å². The van der Waals surface area contributed by atoms with Crippen molar-refractivity contribution < 1.29 is 15.0 Å². The highest BCUT2D eigenvalue weighted by Crippen LogP contribution is 2.51. The molecule has 4 rings (SSSR count). The van der Waals surface area contributed by atoms with Gasteiger partial charge in [-0.05, 0) is 54.5 Å². The van der Waals surface area contributed by atoms with Gasteiger partial charge in [-0.25, -0.2) is 0 Å². The summed E-state index contributed by atoms with van der Waals surface area (Å²) in [7, 11) is 0. The number of quaternary nitrogens is 1. The van der Waals surface area contributed by atoms with Crippen LogP contribution in [0.4, 0.5) is 5.69 Å². The average Bonchev–Trinajstić information content (AvgIpc) is 3.72. The van der Waals surface area contributed by atoms with Crippen LogP contribution in [0.1, 0.15) is 217 Å². The average molecular weight is 932 g/mol. The van der Waals surface area contributed by atoms with E-state index in [-0.39, 0.29) is 16.1 Å². The Morgan fingerprint density at radius 2 is 1.05 bits per heavy atom. The number of amidine groups is 1. The molecule has 1 aliphatic rings. The Bertz CT molecular complexity index is 1810. The third kappa shape index (κ3) is 18.8. The van der Waals surface area contributed by atoms with Gasteiger partial charge in [-0.2, -0.15) is 0 Å². The molecule has 354 valence electrons. The predicted molar refractivity (Wildman–Crippen MR) is 280 cm³/mol. The van der Waals surface area contributed by atoms with Crippen molar-refractivity contribution in [1.82, 2.24) is 4.59 Å². The molecule has 0 saturated heterocycles. The van der Waals surface area contributed by atoms with Crippen LogP contribution >= 0.6 is 36.2 Å². The number of thiol groups is 1. The summed E-state index contributed by atoms with van der Waals surface area (Å²) in [6.45, 7) is 5.22. The minimum absolute atomic E-state index is 0.0193. The Morgan fingerprint density at radius 3 is 1.55 bits per heavy atom. The molecule has 1 aliphatic heterocycles. The fourth-order valence-corrected chi connectivity index (χ4v) is 11.2. The molecule has 7 nitrogen and oxygen atoms in total. The summed E-state index contributed by atoms with van der Waals surface area (Å²) >= 11 is 7.02. The molecule has 1 heterocycles. The van der Waals surface area contributed by atoms with E-state index in [0.717, 1.165) is 37.1 Å². The number of para-hydroxylation sites is 1. The number of aromatic hydroxyl groups is 2. The summed E-state index contributed by atoms with van der Waals surface area (Å²) in [6.07, 6.45) is 39.1. The number of carbonyl (C=O) groups excluding carboxylic acids is 1. The number of phenols is 2. The first-order valence-electron chi connectivity index (χ1n) is 25.6. The lowest BCUT2D eigenvalue weighted by atomic mass is 9.99. The fourth-order valence-electron chi connectivity index (χ4n) is 8.87. The molecule has 0 saturated carbocycles. The zero-order chi connectivity index (χ0) is 45.5. The Hall–Kier alpha value is -2.79. The van der Waals surface area contributed by atoms with Gasteiger partial charge in [0.25, 0.3) is 0 Å². The molecule has 1 unspecified atom stereocenters. The summed E-state index contributed by atoms with van der Waals surface area (Å²) in [4.78, 5) is 13.9. The maximum atomic E-state index is 12.9. The van der Waals surface area contributed by atoms with Crippen molar-refractivity contribution in [1.29, 1.82) is 0 Å². The summed E-state index contributed by atoms with van der Waals surface area (Å²) in [6, 6.07) is 18.9. The van der Waals surface area contributed by atoms with E-state index >= 15 is 0 Å². The number of phenolic OH excluding ortho intramolecular Hbond substituents is 2. The van der Waals surface area contributed by atoms with Crippen LogP contribution in [-0.2, 0) is 0 Å². The number of carbonyl (C=O) groups is 1. The zero-order valence-electron chi connectivity index (χ0n) is 39.8. The molecule has 64 heavy (non-hydrogen) atoms. The number of hydrogen-bond acceptors (Lipinski definition) is 8. The van der Waals surface area contributed by atoms with Crippen LogP contribution in [0.2, 0.25) is 0 Å². The highest BCUT2D eigenvalue weighted by molar-refractivity contribution is 8.14. The summed E-state index contributed by atoms with van der Waals surface area (Å²) in [5.41, 5.74) is 2.21. The minimum atomic E-state index is -0.410. The van der Waals surface area contributed by atoms with Crippen molar-refractivity contribution in [2.75, 3.05) is 12.3 Å². The van der Waals surface area contributed by atoms with Crippen LogP contribution in [-0.4, -0.2) is 32.8 Å². The van der Waals surface area contributed by atoms with E-state index in [1.165, 1.54) is 179 Å². The van der Waals surface area contributed by atoms with E-state index < -0.39 is 5.12 Å². The molecular weight excluding hydrogens is 849 g/mol. The van der Waals surface area contributed by atoms with Gasteiger partial charge in [-0.15, -0.1) is 24.4 Å². The van der Waals surface area contributed by atoms with Crippen LogP contribution in [0.5, 0.6) is 11.5 Å². The van der Waals surface area contributed by atoms with Crippen LogP contribution in [0.25, 0.3) is 11.1 Å². The van der Waals surface area contributed by atoms with Crippen LogP contribution in [0.3, 0.4) is 0 Å². The molecule has 3 aromatic carbocycles. The lowest BCUT2D eigenvalue weighted by Crippen LogP contribution is -2.46. The maximum Gasteiger partial charge on any atom is 0.322 e. The van der Waals surface area contributed by atoms with Gasteiger partial charge in [-0.3, -0.25) is 4.79 Å². The molecule has 0 fully saturated rings. The lowest BCUT2D eigenvalue weighted by molar-refractivity contribution is 0.109. The Labute approximate surface area is 402 Å². The van der Waals surface area contributed by atoms with Crippen LogP contribution in [0.15, 0.2) is 86.0 Å². The second-order valence-electron chi connectivity index (χ2n) is 18.0. The van der Waals surface area contributed by atoms with E-state index in [1.807, 2.05) is 30.3 Å². The largest absolute Gasteiger partial charge is 0.507 e. The first-order valence-corrected chi connectivity index (χ1v) is 27.8. The highest BCUT2D eigenvalue weighted by atomic mass is 32.2. The molecule has 0 amide bonds. The SMILES string of the molecule is CCCCCCCCCCCCCCCCCC[N+]1(c2ccccc2)N=NN=C1Sc1c(O)cc(SCCCCCCCCCCCCCCCC)c(O)c1-c1ccccc1C(=O)S. The maximum absolute atomic E-state index is 12.9. The van der Waals surface area contributed by atoms with Crippen molar-refractivity contribution in [2.45, 2.75) is 216 Å². The molecular formula is C54H83N4O3S3+. The van der Waals surface area contributed by atoms with E-state index in [1.54, 1.807) is 30.0 Å². The predicted octanol–water partition coefficient (Wildman–Crippen LogP) is 18.4. The monoisotopic (exact) mass is 932 g/mol. The first kappa shape index (κ1) is 53.8. The highest BCUT2D eigenvalue weighted by Gasteiger charge is 2.44. The number of benzene rings is 3. The Morgan fingerprint density at radius 1 is 0.594 bits per heavy atom. The normalized spacial score (nSPS) is 14.7. The van der Waals surface area contributed by atoms with Gasteiger partial charge in [0.05, 0.1) is 15.0 Å². The Kier molecular flexibility index (Phi) is 27.6. The molecule has 3 aromatic rings. The number of rotatable bonds is 37. The molecule has 1 atom stereocenters. The second kappa shape index (κ2) is 32.8. The number of thioether (sulfide) groups is 2. The van der Waals surface area contributed by atoms with Gasteiger partial charge in [-0.1, -0.05) is 233 Å². The van der Waals surface area contributed by atoms with Crippen molar-refractivity contribution in [3.8, 4) is 22.6 Å². The van der Waals surface area contributed by atoms with Gasteiger partial charge in [0, 0.05) is 28.5 Å². The van der Waals surface area contributed by atoms with Gasteiger partial charge in [0.1, 0.15) is 18.0 Å². The minimum Gasteiger partial charge on any atom is -0.507 e. The van der Waals surface area contributed by atoms with Crippen molar-refractivity contribution in [3.05, 3.63) is 66.2 Å². The van der Waals surface area contributed by atoms with Crippen LogP contribution < -0.4 is 4.59 Å². The molecule has 2 N–H and O–H groups in total. The van der Waals surface area contributed by atoms with E-state index in [2.05, 4.69) is 48.9 Å². The zero-order valence-corrected chi connectivity index (χ0v) is 42.3. The lowest BCUT2D eigenvalue weighted by Gasteiger charge is -2.27. The quantitative estimate of drug-likeness (QED) is 0.0176. The van der Waals surface area contributed by atoms with Gasteiger partial charge >= 0.3 is 5.17 Å². The third-order valence-electron chi connectivity index (χ3n) is 12.7. The summed E-state index contributed by atoms with van der Waals surface area (Å²) < 4.78 is 0.0759. The van der Waals surface area contributed by atoms with E-state index in [0.29, 0.717) is 38.2 Å². The van der Waals surface area contributed by atoms with E-state index in [4.69, 9.17) is 5.22 Å². The third-order valence-corrected chi connectivity index (χ3v) is 15.3. The second-order valence-corrected chi connectivity index (χ2v) is 20.6. The molecule has 0 radical (unpaired) electrons. The molecule has 0 aromatic heterocycles. The smallest absolute Gasteiger partial charge is 0.322 e. The van der Waals surface area contributed by atoms with Crippen molar-refractivity contribution in [3.63, 3.8) is 0 Å². The number of nitrogens with zero attached hydrogens (tertiary/aromatic N) is 4. The molecule has 0 spiro atoms. The van der Waals surface area contributed by atoms with Crippen molar-refractivity contribution in [2.24, 2.45) is 15.5 Å². The van der Waals surface area contributed by atoms with E-state index in [9.17, 15) is 15.0 Å². The number of hydrogen-bond donors (Lipinski definition) is 3. The first-order chi connectivity index (χ1) is 31.4. The van der Waals surface area contributed by atoms with Gasteiger partial charge in [0.2, 0.25) is 5.12 Å².